The molecular weight excluding hydrogens is 208 g/mol. The van der Waals surface area contributed by atoms with Crippen LogP contribution < -0.4 is 5.73 Å². The van der Waals surface area contributed by atoms with Crippen molar-refractivity contribution in [1.29, 1.82) is 0 Å². The van der Waals surface area contributed by atoms with Gasteiger partial charge in [-0.3, -0.25) is 4.90 Å². The molecular formula is C15H24N2. The number of rotatable bonds is 3. The Kier molecular flexibility index (Phi) is 3.85. The van der Waals surface area contributed by atoms with Crippen LogP contribution >= 0.6 is 0 Å². The number of benzene rings is 1. The van der Waals surface area contributed by atoms with Crippen molar-refractivity contribution in [2.45, 2.75) is 33.2 Å². The van der Waals surface area contributed by atoms with E-state index in [1.807, 2.05) is 0 Å². The molecule has 2 heteroatoms. The quantitative estimate of drug-likeness (QED) is 0.868. The smallest absolute Gasteiger partial charge is 0.0388 e. The van der Waals surface area contributed by atoms with Gasteiger partial charge in [-0.25, -0.2) is 0 Å². The minimum atomic E-state index is 0.531. The van der Waals surface area contributed by atoms with Crippen molar-refractivity contribution >= 4 is 0 Å². The van der Waals surface area contributed by atoms with Crippen LogP contribution in [0.5, 0.6) is 0 Å². The van der Waals surface area contributed by atoms with Crippen LogP contribution in [0.25, 0.3) is 0 Å². The molecule has 2 nitrogen and oxygen atoms in total. The lowest BCUT2D eigenvalue weighted by Gasteiger charge is -2.27. The predicted octanol–water partition coefficient (Wildman–Crippen LogP) is 2.65. The summed E-state index contributed by atoms with van der Waals surface area (Å²) in [5.74, 6) is 0.621. The zero-order valence-corrected chi connectivity index (χ0v) is 11.2. The van der Waals surface area contributed by atoms with Gasteiger partial charge in [0, 0.05) is 6.04 Å². The van der Waals surface area contributed by atoms with E-state index >= 15 is 0 Å². The number of hydrogen-bond donors (Lipinski definition) is 1. The van der Waals surface area contributed by atoms with Gasteiger partial charge >= 0.3 is 0 Å². The van der Waals surface area contributed by atoms with E-state index in [9.17, 15) is 0 Å². The van der Waals surface area contributed by atoms with Gasteiger partial charge in [0.05, 0.1) is 0 Å². The Hall–Kier alpha value is -0.860. The van der Waals surface area contributed by atoms with Crippen LogP contribution in [0.3, 0.4) is 0 Å². The Morgan fingerprint density at radius 3 is 2.41 bits per heavy atom. The van der Waals surface area contributed by atoms with Crippen LogP contribution in [0.4, 0.5) is 0 Å². The maximum Gasteiger partial charge on any atom is 0.0388 e. The zero-order valence-electron chi connectivity index (χ0n) is 11.2. The van der Waals surface area contributed by atoms with Crippen LogP contribution in [0, 0.1) is 19.8 Å². The summed E-state index contributed by atoms with van der Waals surface area (Å²) < 4.78 is 0. The average Bonchev–Trinajstić information content (AvgIpc) is 2.70. The first-order chi connectivity index (χ1) is 8.15. The van der Waals surface area contributed by atoms with Gasteiger partial charge in [-0.1, -0.05) is 36.2 Å². The summed E-state index contributed by atoms with van der Waals surface area (Å²) in [4.78, 5) is 2.56. The Balaban J connectivity index is 2.34. The number of likely N-dealkylation sites (tertiary alicyclic amines) is 1. The monoisotopic (exact) mass is 232 g/mol. The lowest BCUT2D eigenvalue weighted by molar-refractivity contribution is 0.242. The van der Waals surface area contributed by atoms with E-state index < -0.39 is 0 Å². The third kappa shape index (κ3) is 2.53. The van der Waals surface area contributed by atoms with Crippen LogP contribution in [-0.4, -0.2) is 24.5 Å². The van der Waals surface area contributed by atoms with Crippen molar-refractivity contribution in [3.63, 3.8) is 0 Å². The van der Waals surface area contributed by atoms with Crippen LogP contribution in [-0.2, 0) is 0 Å². The highest BCUT2D eigenvalue weighted by atomic mass is 15.2. The third-order valence-corrected chi connectivity index (χ3v) is 3.92. The second kappa shape index (κ2) is 5.19. The minimum Gasteiger partial charge on any atom is -0.330 e. The van der Waals surface area contributed by atoms with Gasteiger partial charge in [0.25, 0.3) is 0 Å². The second-order valence-corrected chi connectivity index (χ2v) is 5.28. The van der Waals surface area contributed by atoms with Crippen LogP contribution in [0.1, 0.15) is 36.1 Å². The van der Waals surface area contributed by atoms with E-state index in [1.54, 1.807) is 0 Å². The summed E-state index contributed by atoms with van der Waals surface area (Å²) in [5.41, 5.74) is 10.1. The Bertz CT molecular complexity index is 354. The highest BCUT2D eigenvalue weighted by Crippen LogP contribution is 2.36. The van der Waals surface area contributed by atoms with Gasteiger partial charge in [-0.15, -0.1) is 0 Å². The maximum absolute atomic E-state index is 5.93. The molecule has 1 aromatic rings. The molecule has 2 N–H and O–H groups in total. The molecule has 0 radical (unpaired) electrons. The fraction of sp³-hybridized carbons (Fsp3) is 0.600. The molecule has 1 aromatic carbocycles. The standard InChI is InChI=1S/C15H24N2/c1-4-17-6-5-13(10-16)15(17)14-8-11(2)7-12(3)9-14/h7-9,13,15H,4-6,10,16H2,1-3H3. The van der Waals surface area contributed by atoms with E-state index in [4.69, 9.17) is 5.73 Å². The van der Waals surface area contributed by atoms with Crippen molar-refractivity contribution in [3.05, 3.63) is 34.9 Å². The van der Waals surface area contributed by atoms with Crippen molar-refractivity contribution < 1.29 is 0 Å². The number of hydrogen-bond acceptors (Lipinski definition) is 2. The Morgan fingerprint density at radius 2 is 1.88 bits per heavy atom. The van der Waals surface area contributed by atoms with E-state index in [1.165, 1.54) is 29.7 Å². The molecule has 0 aliphatic carbocycles. The highest BCUT2D eigenvalue weighted by molar-refractivity contribution is 5.31. The van der Waals surface area contributed by atoms with Crippen LogP contribution in [0.2, 0.25) is 0 Å². The summed E-state index contributed by atoms with van der Waals surface area (Å²) in [6, 6.07) is 7.43. The number of nitrogens with two attached hydrogens (primary N) is 1. The topological polar surface area (TPSA) is 29.3 Å². The molecule has 2 rings (SSSR count). The first kappa shape index (κ1) is 12.6. The van der Waals surface area contributed by atoms with Gasteiger partial charge in [-0.2, -0.15) is 0 Å². The predicted molar refractivity (Wildman–Crippen MR) is 73.1 cm³/mol. The van der Waals surface area contributed by atoms with Crippen molar-refractivity contribution in [3.8, 4) is 0 Å². The molecule has 17 heavy (non-hydrogen) atoms. The molecule has 1 heterocycles. The van der Waals surface area contributed by atoms with E-state index in [-0.39, 0.29) is 0 Å². The Morgan fingerprint density at radius 1 is 1.24 bits per heavy atom. The summed E-state index contributed by atoms with van der Waals surface area (Å²) in [7, 11) is 0. The molecule has 0 spiro atoms. The summed E-state index contributed by atoms with van der Waals surface area (Å²) in [6.07, 6.45) is 1.24. The molecule has 1 saturated heterocycles. The van der Waals surface area contributed by atoms with Gasteiger partial charge in [-0.05, 0) is 51.4 Å². The first-order valence-corrected chi connectivity index (χ1v) is 6.68. The fourth-order valence-corrected chi connectivity index (χ4v) is 3.19. The molecule has 2 atom stereocenters. The van der Waals surface area contributed by atoms with Gasteiger partial charge < -0.3 is 5.73 Å². The molecule has 2 unspecified atom stereocenters. The molecule has 1 aliphatic rings. The average molecular weight is 232 g/mol. The molecule has 94 valence electrons. The zero-order chi connectivity index (χ0) is 12.4. The Labute approximate surface area is 105 Å². The third-order valence-electron chi connectivity index (χ3n) is 3.92. The van der Waals surface area contributed by atoms with Gasteiger partial charge in [0.1, 0.15) is 0 Å². The normalized spacial score (nSPS) is 25.4. The summed E-state index contributed by atoms with van der Waals surface area (Å²) in [6.45, 7) is 9.71. The van der Waals surface area contributed by atoms with Crippen LogP contribution in [0.15, 0.2) is 18.2 Å². The highest BCUT2D eigenvalue weighted by Gasteiger charge is 2.33. The second-order valence-electron chi connectivity index (χ2n) is 5.28. The molecule has 1 fully saturated rings. The molecule has 0 aromatic heterocycles. The van der Waals surface area contributed by atoms with E-state index in [0.29, 0.717) is 12.0 Å². The van der Waals surface area contributed by atoms with Gasteiger partial charge in [0.15, 0.2) is 0 Å². The van der Waals surface area contributed by atoms with Crippen molar-refractivity contribution in [2.24, 2.45) is 11.7 Å². The fourth-order valence-electron chi connectivity index (χ4n) is 3.19. The van der Waals surface area contributed by atoms with Crippen molar-refractivity contribution in [1.82, 2.24) is 4.90 Å². The molecule has 0 saturated carbocycles. The molecule has 0 amide bonds. The number of nitrogens with zero attached hydrogens (tertiary/aromatic N) is 1. The largest absolute Gasteiger partial charge is 0.330 e. The summed E-state index contributed by atoms with van der Waals surface area (Å²) >= 11 is 0. The van der Waals surface area contributed by atoms with E-state index in [2.05, 4.69) is 43.9 Å². The van der Waals surface area contributed by atoms with Gasteiger partial charge in [0.2, 0.25) is 0 Å². The maximum atomic E-state index is 5.93. The minimum absolute atomic E-state index is 0.531. The van der Waals surface area contributed by atoms with E-state index in [0.717, 1.165) is 13.1 Å². The summed E-state index contributed by atoms with van der Waals surface area (Å²) in [5, 5.41) is 0. The SMILES string of the molecule is CCN1CCC(CN)C1c1cc(C)cc(C)c1. The molecule has 0 bridgehead atoms. The molecule has 1 aliphatic heterocycles. The number of aryl methyl sites for hydroxylation is 2. The lowest BCUT2D eigenvalue weighted by atomic mass is 9.92. The first-order valence-electron chi connectivity index (χ1n) is 6.68. The lowest BCUT2D eigenvalue weighted by Crippen LogP contribution is -2.28. The van der Waals surface area contributed by atoms with Crippen molar-refractivity contribution in [2.75, 3.05) is 19.6 Å².